The van der Waals surface area contributed by atoms with E-state index in [-0.39, 0.29) is 11.9 Å². The topological polar surface area (TPSA) is 26.0 Å². The molecule has 1 fully saturated rings. The zero-order valence-electron chi connectivity index (χ0n) is 10.1. The fraction of sp³-hybridized carbons (Fsp3) is 0.571. The lowest BCUT2D eigenvalue weighted by molar-refractivity contribution is 0.245. The molecular weight excluding hydrogens is 281 g/mol. The standard InChI is InChI=1S/C14H19BrFN/c1-9-3-2-4-10(7-9)14(17)12-6-5-11(15)8-13(12)16/h5-6,8-10,14H,2-4,7,17H2,1H3. The fourth-order valence-electron chi connectivity index (χ4n) is 2.83. The average Bonchev–Trinajstić information content (AvgIpc) is 2.28. The summed E-state index contributed by atoms with van der Waals surface area (Å²) in [6.07, 6.45) is 4.75. The van der Waals surface area contributed by atoms with Crippen molar-refractivity contribution in [3.63, 3.8) is 0 Å². The molecule has 3 atom stereocenters. The molecule has 3 heteroatoms. The van der Waals surface area contributed by atoms with E-state index in [4.69, 9.17) is 5.73 Å². The van der Waals surface area contributed by atoms with Gasteiger partial charge in [-0.25, -0.2) is 4.39 Å². The van der Waals surface area contributed by atoms with Gasteiger partial charge in [0.1, 0.15) is 5.82 Å². The van der Waals surface area contributed by atoms with Gasteiger partial charge < -0.3 is 5.73 Å². The summed E-state index contributed by atoms with van der Waals surface area (Å²) in [5.41, 5.74) is 6.89. The number of hydrogen-bond donors (Lipinski definition) is 1. The zero-order chi connectivity index (χ0) is 12.4. The first-order valence-corrected chi connectivity index (χ1v) is 7.07. The molecule has 0 saturated heterocycles. The van der Waals surface area contributed by atoms with Crippen LogP contribution in [0.1, 0.15) is 44.2 Å². The van der Waals surface area contributed by atoms with E-state index in [0.717, 1.165) is 23.2 Å². The van der Waals surface area contributed by atoms with Gasteiger partial charge in [-0.3, -0.25) is 0 Å². The Kier molecular flexibility index (Phi) is 4.21. The number of benzene rings is 1. The molecular formula is C14H19BrFN. The predicted octanol–water partition coefficient (Wildman–Crippen LogP) is 4.41. The molecule has 1 aliphatic carbocycles. The third kappa shape index (κ3) is 3.08. The second-order valence-electron chi connectivity index (χ2n) is 5.22. The molecule has 0 aliphatic heterocycles. The zero-order valence-corrected chi connectivity index (χ0v) is 11.7. The second kappa shape index (κ2) is 5.49. The molecule has 1 saturated carbocycles. The molecule has 0 amide bonds. The largest absolute Gasteiger partial charge is 0.324 e. The van der Waals surface area contributed by atoms with Crippen molar-refractivity contribution in [2.45, 2.75) is 38.6 Å². The monoisotopic (exact) mass is 299 g/mol. The summed E-state index contributed by atoms with van der Waals surface area (Å²) in [6, 6.07) is 5.01. The summed E-state index contributed by atoms with van der Waals surface area (Å²) in [5, 5.41) is 0. The van der Waals surface area contributed by atoms with E-state index >= 15 is 0 Å². The van der Waals surface area contributed by atoms with Crippen LogP contribution in [0.2, 0.25) is 0 Å². The fourth-order valence-corrected chi connectivity index (χ4v) is 3.17. The van der Waals surface area contributed by atoms with Gasteiger partial charge in [-0.1, -0.05) is 41.8 Å². The Balaban J connectivity index is 2.15. The minimum atomic E-state index is -0.190. The Labute approximate surface area is 111 Å². The first kappa shape index (κ1) is 13.0. The van der Waals surface area contributed by atoms with E-state index in [0.29, 0.717) is 11.5 Å². The number of halogens is 2. The molecule has 1 aliphatic rings. The number of rotatable bonds is 2. The van der Waals surface area contributed by atoms with Gasteiger partial charge in [-0.2, -0.15) is 0 Å². The molecule has 0 bridgehead atoms. The van der Waals surface area contributed by atoms with Crippen molar-refractivity contribution in [2.75, 3.05) is 0 Å². The smallest absolute Gasteiger partial charge is 0.129 e. The van der Waals surface area contributed by atoms with Crippen molar-refractivity contribution in [3.05, 3.63) is 34.1 Å². The van der Waals surface area contributed by atoms with Crippen molar-refractivity contribution in [3.8, 4) is 0 Å². The molecule has 0 aromatic heterocycles. The van der Waals surface area contributed by atoms with Crippen LogP contribution in [0.25, 0.3) is 0 Å². The van der Waals surface area contributed by atoms with Crippen LogP contribution in [0, 0.1) is 17.7 Å². The van der Waals surface area contributed by atoms with Crippen molar-refractivity contribution < 1.29 is 4.39 Å². The van der Waals surface area contributed by atoms with Crippen LogP contribution >= 0.6 is 15.9 Å². The molecule has 0 heterocycles. The molecule has 1 aromatic rings. The quantitative estimate of drug-likeness (QED) is 0.860. The van der Waals surface area contributed by atoms with Gasteiger partial charge in [0.15, 0.2) is 0 Å². The molecule has 17 heavy (non-hydrogen) atoms. The molecule has 3 unspecified atom stereocenters. The van der Waals surface area contributed by atoms with Crippen LogP contribution in [0.5, 0.6) is 0 Å². The molecule has 2 N–H and O–H groups in total. The van der Waals surface area contributed by atoms with Crippen LogP contribution in [-0.4, -0.2) is 0 Å². The van der Waals surface area contributed by atoms with Gasteiger partial charge in [0.05, 0.1) is 0 Å². The summed E-state index contributed by atoms with van der Waals surface area (Å²) in [6.45, 7) is 2.26. The summed E-state index contributed by atoms with van der Waals surface area (Å²) in [4.78, 5) is 0. The SMILES string of the molecule is CC1CCCC(C(N)c2ccc(Br)cc2F)C1. The maximum atomic E-state index is 13.8. The van der Waals surface area contributed by atoms with Crippen LogP contribution in [-0.2, 0) is 0 Å². The lowest BCUT2D eigenvalue weighted by Gasteiger charge is -2.31. The van der Waals surface area contributed by atoms with E-state index in [1.54, 1.807) is 0 Å². The third-order valence-electron chi connectivity index (χ3n) is 3.81. The molecule has 0 spiro atoms. The highest BCUT2D eigenvalue weighted by Crippen LogP contribution is 2.36. The molecule has 1 nitrogen and oxygen atoms in total. The molecule has 1 aromatic carbocycles. The summed E-state index contributed by atoms with van der Waals surface area (Å²) in [7, 11) is 0. The van der Waals surface area contributed by atoms with Crippen LogP contribution in [0.3, 0.4) is 0 Å². The van der Waals surface area contributed by atoms with Crippen LogP contribution in [0.15, 0.2) is 22.7 Å². The predicted molar refractivity (Wildman–Crippen MR) is 72.2 cm³/mol. The first-order valence-electron chi connectivity index (χ1n) is 6.28. The van der Waals surface area contributed by atoms with E-state index in [1.807, 2.05) is 12.1 Å². The van der Waals surface area contributed by atoms with Crippen molar-refractivity contribution in [2.24, 2.45) is 17.6 Å². The second-order valence-corrected chi connectivity index (χ2v) is 6.14. The van der Waals surface area contributed by atoms with Crippen molar-refractivity contribution in [1.29, 1.82) is 0 Å². The maximum absolute atomic E-state index is 13.8. The summed E-state index contributed by atoms with van der Waals surface area (Å²) < 4.78 is 14.6. The minimum absolute atomic E-state index is 0.161. The van der Waals surface area contributed by atoms with Crippen molar-refractivity contribution in [1.82, 2.24) is 0 Å². The molecule has 2 rings (SSSR count). The van der Waals surface area contributed by atoms with Gasteiger partial charge >= 0.3 is 0 Å². The Morgan fingerprint density at radius 3 is 2.82 bits per heavy atom. The first-order chi connectivity index (χ1) is 8.08. The van der Waals surface area contributed by atoms with Crippen LogP contribution < -0.4 is 5.73 Å². The highest BCUT2D eigenvalue weighted by atomic mass is 79.9. The Bertz CT molecular complexity index is 394. The average molecular weight is 300 g/mol. The lowest BCUT2D eigenvalue weighted by atomic mass is 9.77. The Morgan fingerprint density at radius 1 is 1.41 bits per heavy atom. The highest BCUT2D eigenvalue weighted by Gasteiger charge is 2.26. The number of hydrogen-bond acceptors (Lipinski definition) is 1. The van der Waals surface area contributed by atoms with Crippen molar-refractivity contribution >= 4 is 15.9 Å². The van der Waals surface area contributed by atoms with Gasteiger partial charge in [-0.05, 0) is 36.8 Å². The Hall–Kier alpha value is -0.410. The highest BCUT2D eigenvalue weighted by molar-refractivity contribution is 9.10. The van der Waals surface area contributed by atoms with Gasteiger partial charge in [0.25, 0.3) is 0 Å². The van der Waals surface area contributed by atoms with Gasteiger partial charge in [0.2, 0.25) is 0 Å². The third-order valence-corrected chi connectivity index (χ3v) is 4.30. The van der Waals surface area contributed by atoms with E-state index < -0.39 is 0 Å². The van der Waals surface area contributed by atoms with Crippen LogP contribution in [0.4, 0.5) is 4.39 Å². The minimum Gasteiger partial charge on any atom is -0.324 e. The molecule has 0 radical (unpaired) electrons. The molecule has 94 valence electrons. The summed E-state index contributed by atoms with van der Waals surface area (Å²) >= 11 is 3.27. The normalized spacial score (nSPS) is 26.8. The van der Waals surface area contributed by atoms with E-state index in [2.05, 4.69) is 22.9 Å². The number of nitrogens with two attached hydrogens (primary N) is 1. The van der Waals surface area contributed by atoms with Gasteiger partial charge in [-0.15, -0.1) is 0 Å². The summed E-state index contributed by atoms with van der Waals surface area (Å²) in [5.74, 6) is 0.956. The maximum Gasteiger partial charge on any atom is 0.129 e. The van der Waals surface area contributed by atoms with E-state index in [9.17, 15) is 4.39 Å². The van der Waals surface area contributed by atoms with E-state index in [1.165, 1.54) is 18.9 Å². The lowest BCUT2D eigenvalue weighted by Crippen LogP contribution is -2.26. The Morgan fingerprint density at radius 2 is 2.18 bits per heavy atom. The van der Waals surface area contributed by atoms with Gasteiger partial charge in [0, 0.05) is 16.1 Å².